The average molecular weight is 217 g/mol. The van der Waals surface area contributed by atoms with Crippen molar-refractivity contribution in [2.75, 3.05) is 0 Å². The fourth-order valence-corrected chi connectivity index (χ4v) is 1.34. The number of aromatic nitrogens is 1. The van der Waals surface area contributed by atoms with Gasteiger partial charge in [0.1, 0.15) is 6.10 Å². The van der Waals surface area contributed by atoms with Gasteiger partial charge < -0.3 is 0 Å². The molecule has 3 nitrogen and oxygen atoms in total. The number of rotatable bonds is 2. The van der Waals surface area contributed by atoms with Gasteiger partial charge in [0.2, 0.25) is 0 Å². The lowest BCUT2D eigenvalue weighted by Gasteiger charge is -2.08. The van der Waals surface area contributed by atoms with Crippen LogP contribution in [0.15, 0.2) is 22.8 Å². The van der Waals surface area contributed by atoms with Crippen LogP contribution in [0.2, 0.25) is 0 Å². The molecule has 0 aliphatic carbocycles. The molecule has 0 bridgehead atoms. The zero-order chi connectivity index (χ0) is 8.27. The summed E-state index contributed by atoms with van der Waals surface area (Å²) in [7, 11) is 0. The highest BCUT2D eigenvalue weighted by Crippen LogP contribution is 2.21. The molecular weight excluding hydrogens is 208 g/mol. The van der Waals surface area contributed by atoms with Crippen LogP contribution in [-0.4, -0.2) is 4.98 Å². The lowest BCUT2D eigenvalue weighted by atomic mass is 10.2. The molecule has 0 aliphatic rings. The number of halogens is 1. The summed E-state index contributed by atoms with van der Waals surface area (Å²) in [5.74, 6) is 5.01. The molecule has 1 atom stereocenters. The van der Waals surface area contributed by atoms with Crippen molar-refractivity contribution < 1.29 is 4.84 Å². The number of nitrogens with two attached hydrogens (primary N) is 1. The largest absolute Gasteiger partial charge is 0.295 e. The van der Waals surface area contributed by atoms with Crippen LogP contribution in [0.25, 0.3) is 0 Å². The zero-order valence-corrected chi connectivity index (χ0v) is 7.71. The molecule has 0 saturated heterocycles. The van der Waals surface area contributed by atoms with Gasteiger partial charge in [0.05, 0.1) is 5.69 Å². The first-order chi connectivity index (χ1) is 5.25. The maximum Gasteiger partial charge on any atom is 0.119 e. The van der Waals surface area contributed by atoms with Crippen molar-refractivity contribution in [2.45, 2.75) is 13.0 Å². The Morgan fingerprint density at radius 3 is 3.00 bits per heavy atom. The Hall–Kier alpha value is -0.450. The summed E-state index contributed by atoms with van der Waals surface area (Å²) in [6.07, 6.45) is 1.53. The highest BCUT2D eigenvalue weighted by molar-refractivity contribution is 9.10. The lowest BCUT2D eigenvalue weighted by molar-refractivity contribution is 0.0629. The summed E-state index contributed by atoms with van der Waals surface area (Å²) in [4.78, 5) is 8.72. The van der Waals surface area contributed by atoms with Crippen LogP contribution in [0.1, 0.15) is 18.7 Å². The zero-order valence-electron chi connectivity index (χ0n) is 6.12. The van der Waals surface area contributed by atoms with Gasteiger partial charge in [0.15, 0.2) is 0 Å². The Labute approximate surface area is 73.7 Å². The van der Waals surface area contributed by atoms with Crippen LogP contribution in [-0.2, 0) is 4.84 Å². The van der Waals surface area contributed by atoms with E-state index in [1.54, 1.807) is 6.20 Å². The Morgan fingerprint density at radius 2 is 2.45 bits per heavy atom. The van der Waals surface area contributed by atoms with Gasteiger partial charge in [0.25, 0.3) is 0 Å². The molecule has 1 aromatic heterocycles. The monoisotopic (exact) mass is 216 g/mol. The Bertz CT molecular complexity index is 242. The second-order valence-corrected chi connectivity index (χ2v) is 3.00. The molecule has 1 rings (SSSR count). The fraction of sp³-hybridized carbons (Fsp3) is 0.286. The molecule has 0 aromatic carbocycles. The van der Waals surface area contributed by atoms with E-state index < -0.39 is 0 Å². The van der Waals surface area contributed by atoms with Crippen molar-refractivity contribution in [3.8, 4) is 0 Å². The first-order valence-corrected chi connectivity index (χ1v) is 4.01. The third kappa shape index (κ3) is 1.99. The molecule has 0 spiro atoms. The second-order valence-electron chi connectivity index (χ2n) is 2.15. The van der Waals surface area contributed by atoms with Crippen molar-refractivity contribution in [3.05, 3.63) is 28.5 Å². The molecule has 0 radical (unpaired) electrons. The van der Waals surface area contributed by atoms with Crippen LogP contribution in [0, 0.1) is 0 Å². The molecule has 2 N–H and O–H groups in total. The predicted molar refractivity (Wildman–Crippen MR) is 45.6 cm³/mol. The van der Waals surface area contributed by atoms with Crippen LogP contribution in [0.3, 0.4) is 0 Å². The van der Waals surface area contributed by atoms with Crippen molar-refractivity contribution in [1.82, 2.24) is 4.98 Å². The first-order valence-electron chi connectivity index (χ1n) is 3.21. The first kappa shape index (κ1) is 8.64. The summed E-state index contributed by atoms with van der Waals surface area (Å²) >= 11 is 3.34. The van der Waals surface area contributed by atoms with Gasteiger partial charge in [-0.1, -0.05) is 0 Å². The van der Waals surface area contributed by atoms with E-state index in [4.69, 9.17) is 5.90 Å². The minimum atomic E-state index is -0.175. The second kappa shape index (κ2) is 3.80. The van der Waals surface area contributed by atoms with Crippen molar-refractivity contribution in [3.63, 3.8) is 0 Å². The van der Waals surface area contributed by atoms with Gasteiger partial charge in [-0.2, -0.15) is 0 Å². The molecular formula is C7H9BrN2O. The number of hydrogen-bond donors (Lipinski definition) is 1. The Morgan fingerprint density at radius 1 is 1.73 bits per heavy atom. The van der Waals surface area contributed by atoms with Gasteiger partial charge >= 0.3 is 0 Å². The molecule has 0 amide bonds. The summed E-state index contributed by atoms with van der Waals surface area (Å²) in [6, 6.07) is 3.74. The molecule has 1 heterocycles. The van der Waals surface area contributed by atoms with E-state index in [1.165, 1.54) is 0 Å². The topological polar surface area (TPSA) is 48.1 Å². The smallest absolute Gasteiger partial charge is 0.119 e. The Kier molecular flexibility index (Phi) is 2.99. The average Bonchev–Trinajstić information content (AvgIpc) is 2.04. The van der Waals surface area contributed by atoms with E-state index in [-0.39, 0.29) is 6.10 Å². The SMILES string of the molecule is CC(ON)c1ncccc1Br. The van der Waals surface area contributed by atoms with E-state index in [1.807, 2.05) is 19.1 Å². The molecule has 0 saturated carbocycles. The highest BCUT2D eigenvalue weighted by atomic mass is 79.9. The van der Waals surface area contributed by atoms with E-state index in [2.05, 4.69) is 25.8 Å². The minimum absolute atomic E-state index is 0.175. The predicted octanol–water partition coefficient (Wildman–Crippen LogP) is 1.80. The van der Waals surface area contributed by atoms with Crippen LogP contribution < -0.4 is 5.90 Å². The minimum Gasteiger partial charge on any atom is -0.295 e. The molecule has 0 fully saturated rings. The lowest BCUT2D eigenvalue weighted by Crippen LogP contribution is -2.07. The molecule has 0 aliphatic heterocycles. The highest BCUT2D eigenvalue weighted by Gasteiger charge is 2.08. The van der Waals surface area contributed by atoms with Gasteiger partial charge in [-0.25, -0.2) is 5.90 Å². The van der Waals surface area contributed by atoms with Crippen molar-refractivity contribution in [1.29, 1.82) is 0 Å². The number of hydrogen-bond acceptors (Lipinski definition) is 3. The maximum atomic E-state index is 5.01. The molecule has 4 heteroatoms. The third-order valence-corrected chi connectivity index (χ3v) is 2.05. The molecule has 1 aromatic rings. The van der Waals surface area contributed by atoms with Gasteiger partial charge in [-0.3, -0.25) is 9.82 Å². The van der Waals surface area contributed by atoms with Crippen molar-refractivity contribution >= 4 is 15.9 Å². The van der Waals surface area contributed by atoms with Gasteiger partial charge in [-0.15, -0.1) is 0 Å². The summed E-state index contributed by atoms with van der Waals surface area (Å²) in [6.45, 7) is 1.84. The summed E-state index contributed by atoms with van der Waals surface area (Å²) in [5, 5.41) is 0. The fourth-order valence-electron chi connectivity index (χ4n) is 0.761. The normalized spacial score (nSPS) is 13.0. The number of pyridine rings is 1. The van der Waals surface area contributed by atoms with Gasteiger partial charge in [-0.05, 0) is 35.0 Å². The summed E-state index contributed by atoms with van der Waals surface area (Å²) < 4.78 is 0.915. The van der Waals surface area contributed by atoms with Gasteiger partial charge in [0, 0.05) is 10.7 Å². The van der Waals surface area contributed by atoms with E-state index in [0.29, 0.717) is 0 Å². The quantitative estimate of drug-likeness (QED) is 0.768. The third-order valence-electron chi connectivity index (χ3n) is 1.38. The molecule has 60 valence electrons. The maximum absolute atomic E-state index is 5.01. The number of nitrogens with zero attached hydrogens (tertiary/aromatic N) is 1. The van der Waals surface area contributed by atoms with Crippen LogP contribution >= 0.6 is 15.9 Å². The van der Waals surface area contributed by atoms with Crippen LogP contribution in [0.5, 0.6) is 0 Å². The Balaban J connectivity index is 2.93. The van der Waals surface area contributed by atoms with Crippen molar-refractivity contribution in [2.24, 2.45) is 5.90 Å². The standard InChI is InChI=1S/C7H9BrN2O/c1-5(11-9)7-6(8)3-2-4-10-7/h2-5H,9H2,1H3. The molecule has 11 heavy (non-hydrogen) atoms. The van der Waals surface area contributed by atoms with Crippen LogP contribution in [0.4, 0.5) is 0 Å². The van der Waals surface area contributed by atoms with E-state index >= 15 is 0 Å². The molecule has 1 unspecified atom stereocenters. The summed E-state index contributed by atoms with van der Waals surface area (Å²) in [5.41, 5.74) is 0.815. The van der Waals surface area contributed by atoms with E-state index in [0.717, 1.165) is 10.2 Å². The van der Waals surface area contributed by atoms with E-state index in [9.17, 15) is 0 Å².